The van der Waals surface area contributed by atoms with Gasteiger partial charge in [-0.25, -0.2) is 4.79 Å². The highest BCUT2D eigenvalue weighted by Crippen LogP contribution is 2.45. The SMILES string of the molecule is CC1=CC(=O)C[C@@H](C)[C@@]1(C)CCC1=CC(O)OC1=O. The highest BCUT2D eigenvalue weighted by atomic mass is 16.6. The zero-order chi connectivity index (χ0) is 14.2. The summed E-state index contributed by atoms with van der Waals surface area (Å²) in [7, 11) is 0. The van der Waals surface area contributed by atoms with Gasteiger partial charge in [0.15, 0.2) is 5.78 Å². The van der Waals surface area contributed by atoms with Gasteiger partial charge in [-0.05, 0) is 43.3 Å². The fraction of sp³-hybridized carbons (Fsp3) is 0.600. The molecule has 1 aliphatic carbocycles. The second-order valence-corrected chi connectivity index (χ2v) is 5.80. The van der Waals surface area contributed by atoms with Gasteiger partial charge < -0.3 is 9.84 Å². The van der Waals surface area contributed by atoms with Gasteiger partial charge in [-0.15, -0.1) is 0 Å². The van der Waals surface area contributed by atoms with Crippen molar-refractivity contribution < 1.29 is 19.4 Å². The van der Waals surface area contributed by atoms with Gasteiger partial charge in [0.25, 0.3) is 0 Å². The predicted octanol–water partition coefficient (Wildman–Crippen LogP) is 2.13. The first-order valence-electron chi connectivity index (χ1n) is 6.64. The van der Waals surface area contributed by atoms with E-state index in [4.69, 9.17) is 0 Å². The molecular weight excluding hydrogens is 244 g/mol. The summed E-state index contributed by atoms with van der Waals surface area (Å²) in [5.41, 5.74) is 1.53. The number of rotatable bonds is 3. The minimum Gasteiger partial charge on any atom is -0.429 e. The summed E-state index contributed by atoms with van der Waals surface area (Å²) in [4.78, 5) is 23.0. The van der Waals surface area contributed by atoms with Crippen molar-refractivity contribution in [3.05, 3.63) is 23.3 Å². The van der Waals surface area contributed by atoms with Gasteiger partial charge in [-0.1, -0.05) is 19.4 Å². The summed E-state index contributed by atoms with van der Waals surface area (Å²) in [5.74, 6) is 0.00241. The van der Waals surface area contributed by atoms with Crippen LogP contribution in [0.5, 0.6) is 0 Å². The quantitative estimate of drug-likeness (QED) is 0.793. The molecule has 3 atom stereocenters. The van der Waals surface area contributed by atoms with E-state index in [-0.39, 0.29) is 17.1 Å². The van der Waals surface area contributed by atoms with E-state index in [0.717, 1.165) is 12.0 Å². The zero-order valence-corrected chi connectivity index (χ0v) is 11.6. The number of aliphatic hydroxyl groups is 1. The molecule has 1 aliphatic heterocycles. The molecule has 0 saturated heterocycles. The van der Waals surface area contributed by atoms with Crippen molar-refractivity contribution >= 4 is 11.8 Å². The van der Waals surface area contributed by atoms with Gasteiger partial charge in [0.2, 0.25) is 6.29 Å². The molecule has 2 rings (SSSR count). The van der Waals surface area contributed by atoms with Crippen molar-refractivity contribution in [3.8, 4) is 0 Å². The van der Waals surface area contributed by atoms with E-state index in [2.05, 4.69) is 18.6 Å². The number of carbonyl (C=O) groups is 2. The summed E-state index contributed by atoms with van der Waals surface area (Å²) in [6.45, 7) is 6.18. The van der Waals surface area contributed by atoms with E-state index in [1.807, 2.05) is 6.92 Å². The maximum atomic E-state index is 11.5. The maximum Gasteiger partial charge on any atom is 0.336 e. The van der Waals surface area contributed by atoms with Crippen LogP contribution >= 0.6 is 0 Å². The molecule has 2 aliphatic rings. The Hall–Kier alpha value is -1.42. The molecule has 4 nitrogen and oxygen atoms in total. The lowest BCUT2D eigenvalue weighted by Crippen LogP contribution is -2.32. The fourth-order valence-corrected chi connectivity index (χ4v) is 2.86. The summed E-state index contributed by atoms with van der Waals surface area (Å²) < 4.78 is 4.67. The van der Waals surface area contributed by atoms with Crippen molar-refractivity contribution in [2.75, 3.05) is 0 Å². The lowest BCUT2D eigenvalue weighted by atomic mass is 9.64. The normalized spacial score (nSPS) is 34.9. The van der Waals surface area contributed by atoms with E-state index in [0.29, 0.717) is 18.4 Å². The standard InChI is InChI=1S/C15H20O4/c1-9-6-12(16)7-10(2)15(9,3)5-4-11-8-13(17)19-14(11)18/h6,8,10,13,17H,4-5,7H2,1-3H3/t10-,13?,15+/m1/s1. The minimum atomic E-state index is -1.10. The van der Waals surface area contributed by atoms with E-state index < -0.39 is 12.3 Å². The van der Waals surface area contributed by atoms with Gasteiger partial charge in [-0.2, -0.15) is 0 Å². The van der Waals surface area contributed by atoms with Crippen molar-refractivity contribution in [2.45, 2.75) is 46.3 Å². The van der Waals surface area contributed by atoms with Gasteiger partial charge in [0.1, 0.15) is 0 Å². The van der Waals surface area contributed by atoms with Crippen LogP contribution in [0.4, 0.5) is 0 Å². The number of ketones is 1. The second-order valence-electron chi connectivity index (χ2n) is 5.80. The molecule has 0 fully saturated rings. The van der Waals surface area contributed by atoms with Gasteiger partial charge >= 0.3 is 5.97 Å². The Morgan fingerprint density at radius 3 is 2.68 bits per heavy atom. The predicted molar refractivity (Wildman–Crippen MR) is 70.1 cm³/mol. The lowest BCUT2D eigenvalue weighted by molar-refractivity contribution is -0.151. The molecule has 0 aromatic heterocycles. The van der Waals surface area contributed by atoms with E-state index in [1.165, 1.54) is 6.08 Å². The average Bonchev–Trinajstić information content (AvgIpc) is 2.62. The minimum absolute atomic E-state index is 0.0808. The van der Waals surface area contributed by atoms with Crippen LogP contribution in [0.25, 0.3) is 0 Å². The Balaban J connectivity index is 2.10. The van der Waals surface area contributed by atoms with Crippen molar-refractivity contribution in [1.82, 2.24) is 0 Å². The van der Waals surface area contributed by atoms with E-state index in [9.17, 15) is 14.7 Å². The molecule has 0 saturated carbocycles. The fourth-order valence-electron chi connectivity index (χ4n) is 2.86. The summed E-state index contributed by atoms with van der Waals surface area (Å²) in [5, 5.41) is 9.23. The molecule has 4 heteroatoms. The van der Waals surface area contributed by atoms with E-state index >= 15 is 0 Å². The number of carbonyl (C=O) groups excluding carboxylic acids is 2. The summed E-state index contributed by atoms with van der Waals surface area (Å²) in [6, 6.07) is 0. The van der Waals surface area contributed by atoms with Crippen LogP contribution in [0.2, 0.25) is 0 Å². The lowest BCUT2D eigenvalue weighted by Gasteiger charge is -2.39. The topological polar surface area (TPSA) is 63.6 Å². The first kappa shape index (κ1) is 14.0. The summed E-state index contributed by atoms with van der Waals surface area (Å²) >= 11 is 0. The van der Waals surface area contributed by atoms with Crippen molar-refractivity contribution in [3.63, 3.8) is 0 Å². The first-order valence-corrected chi connectivity index (χ1v) is 6.64. The maximum absolute atomic E-state index is 11.5. The molecule has 0 aromatic carbocycles. The van der Waals surface area contributed by atoms with E-state index in [1.54, 1.807) is 6.08 Å². The first-order chi connectivity index (χ1) is 8.83. The number of hydrogen-bond donors (Lipinski definition) is 1. The Morgan fingerprint density at radius 1 is 1.47 bits per heavy atom. The van der Waals surface area contributed by atoms with Crippen molar-refractivity contribution in [1.29, 1.82) is 0 Å². The molecule has 0 amide bonds. The highest BCUT2D eigenvalue weighted by Gasteiger charge is 2.38. The second kappa shape index (κ2) is 4.93. The van der Waals surface area contributed by atoms with Crippen LogP contribution < -0.4 is 0 Å². The number of hydrogen-bond acceptors (Lipinski definition) is 4. The number of allylic oxidation sites excluding steroid dienone is 2. The number of aliphatic hydroxyl groups excluding tert-OH is 1. The van der Waals surface area contributed by atoms with Crippen LogP contribution in [0, 0.1) is 11.3 Å². The molecule has 0 radical (unpaired) electrons. The monoisotopic (exact) mass is 264 g/mol. The third-order valence-corrected chi connectivity index (χ3v) is 4.62. The molecule has 19 heavy (non-hydrogen) atoms. The highest BCUT2D eigenvalue weighted by molar-refractivity contribution is 5.92. The molecule has 0 spiro atoms. The third kappa shape index (κ3) is 2.63. The van der Waals surface area contributed by atoms with Crippen LogP contribution in [0.3, 0.4) is 0 Å². The van der Waals surface area contributed by atoms with Gasteiger partial charge in [0.05, 0.1) is 0 Å². The zero-order valence-electron chi connectivity index (χ0n) is 11.6. The Morgan fingerprint density at radius 2 is 2.16 bits per heavy atom. The Kier molecular flexibility index (Phi) is 3.63. The molecular formula is C15H20O4. The number of ether oxygens (including phenoxy) is 1. The Bertz CT molecular complexity index is 475. The largest absolute Gasteiger partial charge is 0.429 e. The van der Waals surface area contributed by atoms with Crippen LogP contribution in [-0.2, 0) is 14.3 Å². The Labute approximate surface area is 113 Å². The number of esters is 1. The molecule has 1 heterocycles. The average molecular weight is 264 g/mol. The molecule has 1 unspecified atom stereocenters. The molecule has 0 bridgehead atoms. The van der Waals surface area contributed by atoms with Gasteiger partial charge in [0, 0.05) is 12.0 Å². The van der Waals surface area contributed by atoms with Crippen LogP contribution in [0.15, 0.2) is 23.3 Å². The third-order valence-electron chi connectivity index (χ3n) is 4.62. The summed E-state index contributed by atoms with van der Waals surface area (Å²) in [6.07, 6.45) is 3.98. The van der Waals surface area contributed by atoms with Crippen LogP contribution in [0.1, 0.15) is 40.0 Å². The van der Waals surface area contributed by atoms with Crippen molar-refractivity contribution in [2.24, 2.45) is 11.3 Å². The smallest absolute Gasteiger partial charge is 0.336 e. The molecule has 0 aromatic rings. The number of cyclic esters (lactones) is 1. The molecule has 104 valence electrons. The van der Waals surface area contributed by atoms with Crippen LogP contribution in [-0.4, -0.2) is 23.1 Å². The van der Waals surface area contributed by atoms with Gasteiger partial charge in [-0.3, -0.25) is 4.79 Å². The molecule has 1 N–H and O–H groups in total.